The van der Waals surface area contributed by atoms with E-state index in [4.69, 9.17) is 14.2 Å². The van der Waals surface area contributed by atoms with Crippen LogP contribution in [-0.4, -0.2) is 54.0 Å². The maximum Gasteiger partial charge on any atom is 0.250 e. The van der Waals surface area contributed by atoms with Gasteiger partial charge in [0.15, 0.2) is 22.5 Å². The molecule has 4 rings (SSSR count). The fourth-order valence-corrected chi connectivity index (χ4v) is 4.18. The Balaban J connectivity index is 1.47. The Hall–Kier alpha value is -4.31. The summed E-state index contributed by atoms with van der Waals surface area (Å²) in [6.07, 6.45) is 1.49. The number of carbonyl (C=O) groups excluding carboxylic acids is 1. The molecule has 0 aliphatic heterocycles. The summed E-state index contributed by atoms with van der Waals surface area (Å²) in [5.74, 6) is 2.09. The zero-order chi connectivity index (χ0) is 25.3. The molecule has 184 valence electrons. The molecule has 1 heterocycles. The number of hydrazone groups is 1. The van der Waals surface area contributed by atoms with Crippen LogP contribution in [0.25, 0.3) is 17.1 Å². The maximum atomic E-state index is 12.5. The van der Waals surface area contributed by atoms with Gasteiger partial charge in [0.1, 0.15) is 5.75 Å². The molecule has 9 nitrogen and oxygen atoms in total. The Kier molecular flexibility index (Phi) is 8.20. The van der Waals surface area contributed by atoms with Gasteiger partial charge in [0.25, 0.3) is 5.91 Å². The zero-order valence-corrected chi connectivity index (χ0v) is 20.9. The van der Waals surface area contributed by atoms with Crippen molar-refractivity contribution in [2.75, 3.05) is 27.1 Å². The Morgan fingerprint density at radius 3 is 2.22 bits per heavy atom. The van der Waals surface area contributed by atoms with Gasteiger partial charge in [0.05, 0.1) is 33.3 Å². The molecule has 4 aromatic rings. The van der Waals surface area contributed by atoms with Gasteiger partial charge < -0.3 is 14.2 Å². The molecule has 0 spiro atoms. The number of carbonyl (C=O) groups is 1. The highest BCUT2D eigenvalue weighted by molar-refractivity contribution is 7.99. The summed E-state index contributed by atoms with van der Waals surface area (Å²) >= 11 is 1.27. The van der Waals surface area contributed by atoms with Crippen molar-refractivity contribution in [2.45, 2.75) is 5.16 Å². The smallest absolute Gasteiger partial charge is 0.250 e. The number of hydrogen-bond acceptors (Lipinski definition) is 8. The van der Waals surface area contributed by atoms with Gasteiger partial charge in [-0.3, -0.25) is 9.36 Å². The van der Waals surface area contributed by atoms with Crippen LogP contribution in [-0.2, 0) is 4.79 Å². The molecular formula is C26H25N5O4S. The number of thioether (sulfide) groups is 1. The number of nitrogens with one attached hydrogen (secondary N) is 1. The summed E-state index contributed by atoms with van der Waals surface area (Å²) < 4.78 is 17.9. The van der Waals surface area contributed by atoms with E-state index in [-0.39, 0.29) is 11.7 Å². The fraction of sp³-hybridized carbons (Fsp3) is 0.154. The molecule has 0 aliphatic carbocycles. The van der Waals surface area contributed by atoms with E-state index < -0.39 is 0 Å². The molecule has 1 N–H and O–H groups in total. The van der Waals surface area contributed by atoms with Crippen molar-refractivity contribution in [2.24, 2.45) is 5.10 Å². The largest absolute Gasteiger partial charge is 0.496 e. The van der Waals surface area contributed by atoms with Gasteiger partial charge in [-0.25, -0.2) is 5.43 Å². The lowest BCUT2D eigenvalue weighted by Gasteiger charge is -2.11. The number of nitrogens with zero attached hydrogens (tertiary/aromatic N) is 4. The van der Waals surface area contributed by atoms with Crippen LogP contribution in [0.1, 0.15) is 5.56 Å². The van der Waals surface area contributed by atoms with E-state index in [2.05, 4.69) is 20.7 Å². The number of rotatable bonds is 10. The second-order valence-electron chi connectivity index (χ2n) is 7.37. The van der Waals surface area contributed by atoms with Crippen LogP contribution in [0.5, 0.6) is 17.2 Å². The van der Waals surface area contributed by atoms with Crippen LogP contribution < -0.4 is 19.6 Å². The highest BCUT2D eigenvalue weighted by atomic mass is 32.2. The topological polar surface area (TPSA) is 99.9 Å². The first kappa shape index (κ1) is 24.8. The molecule has 0 atom stereocenters. The van der Waals surface area contributed by atoms with Crippen LogP contribution in [0.2, 0.25) is 0 Å². The average Bonchev–Trinajstić information content (AvgIpc) is 3.36. The van der Waals surface area contributed by atoms with Crippen LogP contribution in [0, 0.1) is 0 Å². The minimum absolute atomic E-state index is 0.0974. The number of hydrogen-bond donors (Lipinski definition) is 1. The molecule has 1 amide bonds. The quantitative estimate of drug-likeness (QED) is 0.197. The van der Waals surface area contributed by atoms with Crippen molar-refractivity contribution in [3.05, 3.63) is 78.4 Å². The van der Waals surface area contributed by atoms with E-state index in [1.807, 2.05) is 65.2 Å². The van der Waals surface area contributed by atoms with Gasteiger partial charge >= 0.3 is 0 Å². The second-order valence-corrected chi connectivity index (χ2v) is 8.32. The normalized spacial score (nSPS) is 10.9. The highest BCUT2D eigenvalue weighted by Crippen LogP contribution is 2.33. The van der Waals surface area contributed by atoms with E-state index in [9.17, 15) is 4.79 Å². The Labute approximate surface area is 213 Å². The van der Waals surface area contributed by atoms with E-state index in [1.54, 1.807) is 33.5 Å². The lowest BCUT2D eigenvalue weighted by Crippen LogP contribution is -2.20. The molecular weight excluding hydrogens is 478 g/mol. The van der Waals surface area contributed by atoms with Crippen molar-refractivity contribution in [1.82, 2.24) is 20.2 Å². The van der Waals surface area contributed by atoms with Crippen molar-refractivity contribution in [3.8, 4) is 34.3 Å². The summed E-state index contributed by atoms with van der Waals surface area (Å²) in [5.41, 5.74) is 5.00. The van der Waals surface area contributed by atoms with E-state index in [0.29, 0.717) is 33.8 Å². The summed E-state index contributed by atoms with van der Waals surface area (Å²) in [4.78, 5) is 12.5. The summed E-state index contributed by atoms with van der Waals surface area (Å²) in [6.45, 7) is 0. The van der Waals surface area contributed by atoms with E-state index in [1.165, 1.54) is 18.0 Å². The first-order chi connectivity index (χ1) is 17.6. The van der Waals surface area contributed by atoms with Crippen molar-refractivity contribution >= 4 is 23.9 Å². The van der Waals surface area contributed by atoms with Crippen molar-refractivity contribution < 1.29 is 19.0 Å². The van der Waals surface area contributed by atoms with Crippen LogP contribution in [0.15, 0.2) is 83.1 Å². The van der Waals surface area contributed by atoms with Gasteiger partial charge in [-0.05, 0) is 18.2 Å². The molecule has 0 fully saturated rings. The molecule has 0 unspecified atom stereocenters. The standard InChI is InChI=1S/C26H25N5O4S/c1-33-21-15-23(35-3)22(34-2)14-19(21)16-27-28-24(32)17-36-26-30-29-25(18-10-6-4-7-11-18)31(26)20-12-8-5-9-13-20/h4-16H,17H2,1-3H3,(H,28,32)/b27-16-. The second kappa shape index (κ2) is 11.9. The minimum Gasteiger partial charge on any atom is -0.496 e. The third kappa shape index (κ3) is 5.66. The van der Waals surface area contributed by atoms with E-state index in [0.717, 1.165) is 11.3 Å². The molecule has 36 heavy (non-hydrogen) atoms. The monoisotopic (exact) mass is 503 g/mol. The minimum atomic E-state index is -0.292. The number of aromatic nitrogens is 3. The molecule has 0 saturated heterocycles. The fourth-order valence-electron chi connectivity index (χ4n) is 3.44. The summed E-state index contributed by atoms with van der Waals surface area (Å²) in [7, 11) is 4.63. The Bertz CT molecular complexity index is 1340. The number of ether oxygens (including phenoxy) is 3. The number of para-hydroxylation sites is 1. The SMILES string of the molecule is COc1cc(OC)c(OC)cc1/C=N\NC(=O)CSc1nnc(-c2ccccc2)n1-c1ccccc1. The van der Waals surface area contributed by atoms with Gasteiger partial charge in [0, 0.05) is 22.9 Å². The zero-order valence-electron chi connectivity index (χ0n) is 20.0. The van der Waals surface area contributed by atoms with Crippen molar-refractivity contribution in [1.29, 1.82) is 0 Å². The maximum absolute atomic E-state index is 12.5. The van der Waals surface area contributed by atoms with Crippen molar-refractivity contribution in [3.63, 3.8) is 0 Å². The lowest BCUT2D eigenvalue weighted by atomic mass is 10.2. The predicted octanol–water partition coefficient (Wildman–Crippen LogP) is 4.20. The third-order valence-electron chi connectivity index (χ3n) is 5.14. The lowest BCUT2D eigenvalue weighted by molar-refractivity contribution is -0.118. The van der Waals surface area contributed by atoms with Gasteiger partial charge in [-0.1, -0.05) is 60.3 Å². The van der Waals surface area contributed by atoms with Crippen LogP contribution in [0.3, 0.4) is 0 Å². The first-order valence-electron chi connectivity index (χ1n) is 11.0. The molecule has 0 saturated carbocycles. The Morgan fingerprint density at radius 2 is 1.56 bits per heavy atom. The number of methoxy groups -OCH3 is 3. The van der Waals surface area contributed by atoms with Crippen LogP contribution >= 0.6 is 11.8 Å². The summed E-state index contributed by atoms with van der Waals surface area (Å²) in [5, 5.41) is 13.4. The Morgan fingerprint density at radius 1 is 0.917 bits per heavy atom. The molecule has 0 radical (unpaired) electrons. The number of benzene rings is 3. The molecule has 0 aliphatic rings. The number of amides is 1. The molecule has 0 bridgehead atoms. The predicted molar refractivity (Wildman–Crippen MR) is 139 cm³/mol. The van der Waals surface area contributed by atoms with Gasteiger partial charge in [-0.15, -0.1) is 10.2 Å². The highest BCUT2D eigenvalue weighted by Gasteiger charge is 2.17. The van der Waals surface area contributed by atoms with E-state index >= 15 is 0 Å². The van der Waals surface area contributed by atoms with Crippen LogP contribution in [0.4, 0.5) is 0 Å². The third-order valence-corrected chi connectivity index (χ3v) is 6.07. The summed E-state index contributed by atoms with van der Waals surface area (Å²) in [6, 6.07) is 23.0. The molecule has 3 aromatic carbocycles. The molecule has 1 aromatic heterocycles. The average molecular weight is 504 g/mol. The first-order valence-corrected chi connectivity index (χ1v) is 11.9. The van der Waals surface area contributed by atoms with Gasteiger partial charge in [-0.2, -0.15) is 5.10 Å². The van der Waals surface area contributed by atoms with Gasteiger partial charge in [0.2, 0.25) is 0 Å². The molecule has 10 heteroatoms.